The topological polar surface area (TPSA) is 206 Å². The summed E-state index contributed by atoms with van der Waals surface area (Å²) in [7, 11) is 0. The molecule has 0 amide bonds. The van der Waals surface area contributed by atoms with Gasteiger partial charge in [0.25, 0.3) is 11.1 Å². The highest BCUT2D eigenvalue weighted by Crippen LogP contribution is 2.30. The minimum atomic E-state index is -1.24. The SMILES string of the molecule is Cc1cnc(-c2ccnc(C(C)(C)O)n2)cc1-n1c(C)cc(OCc2ncc(F)cc2F)c(Cl)c1=O.Cc1cnc(COc2cc(C)n(-c3cc(-c4ccnc(C(C)(C)O)n4)ncc3C)c(=O)c2Cl)c(F)c1. The van der Waals surface area contributed by atoms with Crippen molar-refractivity contribution in [2.75, 3.05) is 0 Å². The van der Waals surface area contributed by atoms with Crippen LogP contribution in [0, 0.1) is 52.1 Å². The second-order valence-electron chi connectivity index (χ2n) is 17.7. The van der Waals surface area contributed by atoms with Crippen molar-refractivity contribution in [3.63, 3.8) is 0 Å². The van der Waals surface area contributed by atoms with Crippen LogP contribution >= 0.6 is 23.2 Å². The predicted molar refractivity (Wildman–Crippen MR) is 263 cm³/mol. The second kappa shape index (κ2) is 21.1. The minimum Gasteiger partial charge on any atom is -0.485 e. The van der Waals surface area contributed by atoms with Crippen LogP contribution in [-0.2, 0) is 24.4 Å². The molecule has 0 bridgehead atoms. The molecule has 8 rings (SSSR count). The fraction of sp³-hybridized carbons (Fsp3) is 0.255. The molecule has 0 saturated carbocycles. The van der Waals surface area contributed by atoms with Crippen molar-refractivity contribution in [3.05, 3.63) is 185 Å². The zero-order chi connectivity index (χ0) is 52.4. The van der Waals surface area contributed by atoms with Gasteiger partial charge >= 0.3 is 0 Å². The molecular formula is C51H47Cl2F3N10O6. The molecule has 0 unspecified atom stereocenters. The Morgan fingerprint density at radius 1 is 0.556 bits per heavy atom. The summed E-state index contributed by atoms with van der Waals surface area (Å²) in [6.07, 6.45) is 8.71. The largest absolute Gasteiger partial charge is 0.485 e. The van der Waals surface area contributed by atoms with Crippen molar-refractivity contribution in [1.82, 2.24) is 49.0 Å². The van der Waals surface area contributed by atoms with Crippen molar-refractivity contribution in [2.24, 2.45) is 0 Å². The average molecular weight is 1020 g/mol. The molecule has 0 radical (unpaired) electrons. The number of aliphatic hydroxyl groups is 2. The van der Waals surface area contributed by atoms with Gasteiger partial charge in [-0.05, 0) is 109 Å². The van der Waals surface area contributed by atoms with Crippen LogP contribution in [0.1, 0.15) is 78.8 Å². The molecule has 16 nitrogen and oxygen atoms in total. The Morgan fingerprint density at radius 2 is 0.972 bits per heavy atom. The predicted octanol–water partition coefficient (Wildman–Crippen LogP) is 9.05. The van der Waals surface area contributed by atoms with Crippen LogP contribution in [0.15, 0.2) is 95.3 Å². The highest BCUT2D eigenvalue weighted by Gasteiger charge is 2.24. The summed E-state index contributed by atoms with van der Waals surface area (Å²) >= 11 is 12.7. The Kier molecular flexibility index (Phi) is 15.4. The first-order chi connectivity index (χ1) is 33.9. The fourth-order valence-corrected chi connectivity index (χ4v) is 7.45. The number of nitrogens with zero attached hydrogens (tertiary/aromatic N) is 10. The summed E-state index contributed by atoms with van der Waals surface area (Å²) in [4.78, 5) is 60.2. The third-order valence-electron chi connectivity index (χ3n) is 10.8. The standard InChI is InChI=1S/C26H25ClFN5O3.C25H22ClF2N5O3/c1-14-8-17(28)20(30-11-14)13-36-22-9-16(3)33(24(34)23(22)27)21-10-19(31-12-15(21)2)18-6-7-29-25(32-18)26(4,5)35;1-13-10-30-18(17-5-6-29-24(32-17)25(3,4)35)9-20(13)33-14(2)7-21(22(26)23(33)34)36-12-19-16(28)8-15(27)11-31-19/h6-12,35H,13H2,1-5H3;5-11,35H,12H2,1-4H3. The van der Waals surface area contributed by atoms with Crippen LogP contribution in [0.3, 0.4) is 0 Å². The van der Waals surface area contributed by atoms with Crippen molar-refractivity contribution in [2.45, 2.75) is 86.7 Å². The fourth-order valence-electron chi connectivity index (χ4n) is 7.06. The lowest BCUT2D eigenvalue weighted by Crippen LogP contribution is -2.23. The highest BCUT2D eigenvalue weighted by molar-refractivity contribution is 6.32. The van der Waals surface area contributed by atoms with Crippen LogP contribution < -0.4 is 20.6 Å². The number of halogens is 5. The molecule has 372 valence electrons. The Labute approximate surface area is 420 Å². The molecule has 0 aliphatic carbocycles. The lowest BCUT2D eigenvalue weighted by molar-refractivity contribution is 0.0683. The molecule has 0 aromatic carbocycles. The van der Waals surface area contributed by atoms with Crippen LogP contribution in [0.25, 0.3) is 34.2 Å². The monoisotopic (exact) mass is 1020 g/mol. The lowest BCUT2D eigenvalue weighted by atomic mass is 10.1. The van der Waals surface area contributed by atoms with E-state index in [1.165, 1.54) is 21.4 Å². The van der Waals surface area contributed by atoms with E-state index in [1.54, 1.807) is 117 Å². The van der Waals surface area contributed by atoms with E-state index in [0.29, 0.717) is 62.7 Å². The van der Waals surface area contributed by atoms with Crippen LogP contribution in [0.5, 0.6) is 11.5 Å². The average Bonchev–Trinajstić information content (AvgIpc) is 3.32. The second-order valence-corrected chi connectivity index (χ2v) is 18.4. The van der Waals surface area contributed by atoms with Gasteiger partial charge in [0, 0.05) is 60.6 Å². The summed E-state index contributed by atoms with van der Waals surface area (Å²) in [6, 6.07) is 12.0. The van der Waals surface area contributed by atoms with Gasteiger partial charge in [0.2, 0.25) is 0 Å². The van der Waals surface area contributed by atoms with Crippen molar-refractivity contribution >= 4 is 23.2 Å². The molecule has 8 aromatic rings. The molecule has 0 aliphatic rings. The number of rotatable bonds is 12. The van der Waals surface area contributed by atoms with E-state index >= 15 is 0 Å². The maximum Gasteiger partial charge on any atom is 0.277 e. The van der Waals surface area contributed by atoms with Gasteiger partial charge in [-0.2, -0.15) is 0 Å². The minimum absolute atomic E-state index is 0.0403. The van der Waals surface area contributed by atoms with E-state index in [9.17, 15) is 33.0 Å². The van der Waals surface area contributed by atoms with Crippen molar-refractivity contribution in [1.29, 1.82) is 0 Å². The van der Waals surface area contributed by atoms with Gasteiger partial charge in [0.1, 0.15) is 69.0 Å². The Balaban J connectivity index is 0.000000211. The van der Waals surface area contributed by atoms with Gasteiger partial charge in [-0.1, -0.05) is 23.2 Å². The molecule has 72 heavy (non-hydrogen) atoms. The number of hydrogen-bond donors (Lipinski definition) is 2. The van der Waals surface area contributed by atoms with Gasteiger partial charge in [-0.3, -0.25) is 38.7 Å². The molecule has 0 fully saturated rings. The molecule has 0 saturated heterocycles. The Morgan fingerprint density at radius 3 is 1.38 bits per heavy atom. The first-order valence-electron chi connectivity index (χ1n) is 22.0. The van der Waals surface area contributed by atoms with Crippen molar-refractivity contribution in [3.8, 4) is 45.6 Å². The first kappa shape index (κ1) is 52.4. The summed E-state index contributed by atoms with van der Waals surface area (Å²) in [6.45, 7) is 14.6. The van der Waals surface area contributed by atoms with Crippen LogP contribution in [0.4, 0.5) is 13.2 Å². The molecule has 0 aliphatic heterocycles. The van der Waals surface area contributed by atoms with Crippen molar-refractivity contribution < 1.29 is 32.9 Å². The van der Waals surface area contributed by atoms with Gasteiger partial charge in [0.05, 0.1) is 40.3 Å². The van der Waals surface area contributed by atoms with Gasteiger partial charge in [0.15, 0.2) is 17.5 Å². The van der Waals surface area contributed by atoms with Gasteiger partial charge in [-0.25, -0.2) is 33.1 Å². The number of aryl methyl sites for hydroxylation is 5. The smallest absolute Gasteiger partial charge is 0.277 e. The quantitative estimate of drug-likeness (QED) is 0.117. The highest BCUT2D eigenvalue weighted by atomic mass is 35.5. The Bertz CT molecular complexity index is 3260. The van der Waals surface area contributed by atoms with E-state index in [0.717, 1.165) is 11.8 Å². The number of hydrogen-bond acceptors (Lipinski definition) is 14. The number of aromatic nitrogens is 10. The summed E-state index contributed by atoms with van der Waals surface area (Å²) in [5.74, 6) is -1.51. The third-order valence-corrected chi connectivity index (χ3v) is 11.5. The van der Waals surface area contributed by atoms with Crippen LogP contribution in [-0.4, -0.2) is 59.2 Å². The summed E-state index contributed by atoms with van der Waals surface area (Å²) in [5, 5.41) is 20.2. The zero-order valence-electron chi connectivity index (χ0n) is 40.4. The van der Waals surface area contributed by atoms with E-state index in [1.807, 2.05) is 6.92 Å². The molecule has 2 N–H and O–H groups in total. The Hall–Kier alpha value is -7.45. The third kappa shape index (κ3) is 11.7. The van der Waals surface area contributed by atoms with Crippen LogP contribution in [0.2, 0.25) is 10.0 Å². The molecule has 21 heteroatoms. The maximum absolute atomic E-state index is 14.1. The lowest BCUT2D eigenvalue weighted by Gasteiger charge is -2.17. The van der Waals surface area contributed by atoms with E-state index in [4.69, 9.17) is 32.7 Å². The number of ether oxygens (including phenoxy) is 2. The number of pyridine rings is 6. The summed E-state index contributed by atoms with van der Waals surface area (Å²) in [5.41, 5.74) is 2.63. The van der Waals surface area contributed by atoms with E-state index in [2.05, 4.69) is 39.9 Å². The molecule has 0 atom stereocenters. The normalized spacial score (nSPS) is 11.6. The first-order valence-corrected chi connectivity index (χ1v) is 22.7. The van der Waals surface area contributed by atoms with E-state index < -0.39 is 39.8 Å². The van der Waals surface area contributed by atoms with Gasteiger partial charge in [-0.15, -0.1) is 0 Å². The molecule has 8 heterocycles. The summed E-state index contributed by atoms with van der Waals surface area (Å²) < 4.78 is 55.2. The molecule has 8 aromatic heterocycles. The molecular weight excluding hydrogens is 977 g/mol. The van der Waals surface area contributed by atoms with E-state index in [-0.39, 0.29) is 57.8 Å². The maximum atomic E-state index is 14.1. The molecule has 0 spiro atoms. The van der Waals surface area contributed by atoms with Gasteiger partial charge < -0.3 is 19.7 Å². The zero-order valence-corrected chi connectivity index (χ0v) is 41.9.